The summed E-state index contributed by atoms with van der Waals surface area (Å²) in [5.41, 5.74) is 6.64. The molecule has 0 saturated carbocycles. The number of ether oxygens (including phenoxy) is 1. The van der Waals surface area contributed by atoms with Crippen LogP contribution in [0.4, 0.5) is 0 Å². The van der Waals surface area contributed by atoms with Gasteiger partial charge in [0.1, 0.15) is 11.5 Å². The summed E-state index contributed by atoms with van der Waals surface area (Å²) in [7, 11) is 0. The highest BCUT2D eigenvalue weighted by Gasteiger charge is 2.40. The number of carbonyl (C=O) groups is 1. The molecule has 210 valence electrons. The maximum atomic E-state index is 13.0. The van der Waals surface area contributed by atoms with E-state index in [1.807, 2.05) is 54.6 Å². The summed E-state index contributed by atoms with van der Waals surface area (Å²) in [6, 6.07) is 35.3. The normalized spacial score (nSPS) is 16.1. The minimum Gasteiger partial charge on any atom is -0.457 e. The quantitative estimate of drug-likeness (QED) is 0.205. The van der Waals surface area contributed by atoms with Crippen molar-refractivity contribution in [3.05, 3.63) is 120 Å². The van der Waals surface area contributed by atoms with Gasteiger partial charge in [0, 0.05) is 30.1 Å². The van der Waals surface area contributed by atoms with E-state index in [9.17, 15) is 4.79 Å². The summed E-state index contributed by atoms with van der Waals surface area (Å²) < 4.78 is 5.91. The van der Waals surface area contributed by atoms with E-state index in [1.54, 1.807) is 0 Å². The van der Waals surface area contributed by atoms with Gasteiger partial charge in [-0.15, -0.1) is 0 Å². The number of nitrogens with zero attached hydrogens (tertiary/aromatic N) is 1. The lowest BCUT2D eigenvalue weighted by Crippen LogP contribution is -2.44. The molecular formula is C37H40N2O2. The molecule has 0 bridgehead atoms. The number of carbonyl (C=O) groups excluding carboxylic acids is 1. The third-order valence-electron chi connectivity index (χ3n) is 9.10. The first-order chi connectivity index (χ1) is 20.2. The van der Waals surface area contributed by atoms with Crippen LogP contribution >= 0.6 is 0 Å². The van der Waals surface area contributed by atoms with Gasteiger partial charge in [0.05, 0.1) is 0 Å². The molecule has 0 radical (unpaired) electrons. The van der Waals surface area contributed by atoms with Crippen LogP contribution in [0, 0.1) is 0 Å². The molecule has 1 aliphatic carbocycles. The zero-order valence-electron chi connectivity index (χ0n) is 24.0. The molecule has 1 N–H and O–H groups in total. The Hall–Kier alpha value is -3.89. The third-order valence-corrected chi connectivity index (χ3v) is 9.10. The van der Waals surface area contributed by atoms with Gasteiger partial charge >= 0.3 is 0 Å². The van der Waals surface area contributed by atoms with Crippen LogP contribution < -0.4 is 10.1 Å². The first kappa shape index (κ1) is 27.3. The Morgan fingerprint density at radius 2 is 1.44 bits per heavy atom. The van der Waals surface area contributed by atoms with Crippen LogP contribution in [0.2, 0.25) is 0 Å². The largest absolute Gasteiger partial charge is 0.457 e. The van der Waals surface area contributed by atoms with Crippen molar-refractivity contribution in [2.45, 2.75) is 56.9 Å². The molecule has 41 heavy (non-hydrogen) atoms. The number of nitrogens with one attached hydrogen (secondary N) is 1. The summed E-state index contributed by atoms with van der Waals surface area (Å²) in [4.78, 5) is 15.6. The highest BCUT2D eigenvalue weighted by Crippen LogP contribution is 2.53. The molecule has 1 aliphatic heterocycles. The van der Waals surface area contributed by atoms with Crippen molar-refractivity contribution in [3.63, 3.8) is 0 Å². The van der Waals surface area contributed by atoms with Gasteiger partial charge < -0.3 is 15.0 Å². The van der Waals surface area contributed by atoms with E-state index in [0.29, 0.717) is 11.3 Å². The SMILES string of the molecule is CCC1(CCCCN2CCC(NC(=O)c3cccc(Oc4ccccc4)c3)CC2)c2ccccc2-c2ccccc21. The van der Waals surface area contributed by atoms with Crippen molar-refractivity contribution in [1.82, 2.24) is 10.2 Å². The summed E-state index contributed by atoms with van der Waals surface area (Å²) in [6.45, 7) is 5.55. The molecule has 4 aromatic rings. The summed E-state index contributed by atoms with van der Waals surface area (Å²) in [6.07, 6.45) is 6.73. The Kier molecular flexibility index (Phi) is 8.20. The topological polar surface area (TPSA) is 41.6 Å². The maximum Gasteiger partial charge on any atom is 0.251 e. The molecule has 4 aromatic carbocycles. The number of para-hydroxylation sites is 1. The minimum atomic E-state index is -0.0241. The number of rotatable bonds is 10. The molecule has 1 amide bonds. The van der Waals surface area contributed by atoms with E-state index in [1.165, 1.54) is 41.5 Å². The number of benzene rings is 4. The molecular weight excluding hydrogens is 504 g/mol. The van der Waals surface area contributed by atoms with Crippen molar-refractivity contribution in [2.24, 2.45) is 0 Å². The number of hydrogen-bond acceptors (Lipinski definition) is 3. The van der Waals surface area contributed by atoms with E-state index >= 15 is 0 Å². The molecule has 6 rings (SSSR count). The van der Waals surface area contributed by atoms with Gasteiger partial charge in [-0.2, -0.15) is 0 Å². The number of likely N-dealkylation sites (tertiary alicyclic amines) is 1. The molecule has 1 fully saturated rings. The predicted octanol–water partition coefficient (Wildman–Crippen LogP) is 8.22. The number of amides is 1. The number of hydrogen-bond donors (Lipinski definition) is 1. The lowest BCUT2D eigenvalue weighted by atomic mass is 9.72. The molecule has 4 nitrogen and oxygen atoms in total. The summed E-state index contributed by atoms with van der Waals surface area (Å²) >= 11 is 0. The van der Waals surface area contributed by atoms with Crippen LogP contribution in [-0.2, 0) is 5.41 Å². The van der Waals surface area contributed by atoms with Gasteiger partial charge in [-0.1, -0.05) is 86.1 Å². The first-order valence-corrected chi connectivity index (χ1v) is 15.2. The van der Waals surface area contributed by atoms with Crippen LogP contribution in [0.15, 0.2) is 103 Å². The van der Waals surface area contributed by atoms with Crippen LogP contribution in [0.5, 0.6) is 11.5 Å². The van der Waals surface area contributed by atoms with Gasteiger partial charge in [-0.05, 0) is 91.2 Å². The molecule has 2 aliphatic rings. The lowest BCUT2D eigenvalue weighted by Gasteiger charge is -2.33. The molecule has 1 saturated heterocycles. The molecule has 0 aromatic heterocycles. The highest BCUT2D eigenvalue weighted by molar-refractivity contribution is 5.94. The van der Waals surface area contributed by atoms with Crippen molar-refractivity contribution in [1.29, 1.82) is 0 Å². The fourth-order valence-corrected chi connectivity index (χ4v) is 6.90. The Balaban J connectivity index is 0.975. The van der Waals surface area contributed by atoms with Gasteiger partial charge in [0.15, 0.2) is 0 Å². The Morgan fingerprint density at radius 1 is 0.805 bits per heavy atom. The van der Waals surface area contributed by atoms with Crippen LogP contribution in [-0.4, -0.2) is 36.5 Å². The minimum absolute atomic E-state index is 0.0241. The standard InChI is InChI=1S/C37H40N2O2/c1-2-37(34-19-8-6-17-32(34)33-18-7-9-20-35(33)37)23-10-11-24-39-25-21-29(22-26-39)38-36(40)28-13-12-16-31(27-28)41-30-14-4-3-5-15-30/h3-9,12-20,27,29H,2,10-11,21-26H2,1H3,(H,38,40). The van der Waals surface area contributed by atoms with Crippen molar-refractivity contribution in [3.8, 4) is 22.6 Å². The zero-order valence-corrected chi connectivity index (χ0v) is 24.0. The highest BCUT2D eigenvalue weighted by atomic mass is 16.5. The second kappa shape index (κ2) is 12.3. The molecule has 1 heterocycles. The Bertz CT molecular complexity index is 1430. The van der Waals surface area contributed by atoms with Crippen molar-refractivity contribution >= 4 is 5.91 Å². The first-order valence-electron chi connectivity index (χ1n) is 15.2. The van der Waals surface area contributed by atoms with Crippen LogP contribution in [0.1, 0.15) is 66.9 Å². The average molecular weight is 545 g/mol. The zero-order chi connectivity index (χ0) is 28.1. The van der Waals surface area contributed by atoms with Crippen molar-refractivity contribution in [2.75, 3.05) is 19.6 Å². The Morgan fingerprint density at radius 3 is 2.12 bits per heavy atom. The van der Waals surface area contributed by atoms with Crippen LogP contribution in [0.3, 0.4) is 0 Å². The van der Waals surface area contributed by atoms with E-state index in [4.69, 9.17) is 4.74 Å². The van der Waals surface area contributed by atoms with Gasteiger partial charge in [0.25, 0.3) is 5.91 Å². The molecule has 0 unspecified atom stereocenters. The second-order valence-electron chi connectivity index (χ2n) is 11.5. The van der Waals surface area contributed by atoms with Gasteiger partial charge in [0.2, 0.25) is 0 Å². The Labute approximate surface area is 244 Å². The van der Waals surface area contributed by atoms with Crippen LogP contribution in [0.25, 0.3) is 11.1 Å². The number of fused-ring (bicyclic) bond motifs is 3. The van der Waals surface area contributed by atoms with Gasteiger partial charge in [-0.3, -0.25) is 4.79 Å². The second-order valence-corrected chi connectivity index (χ2v) is 11.5. The van der Waals surface area contributed by atoms with E-state index in [-0.39, 0.29) is 17.4 Å². The van der Waals surface area contributed by atoms with Gasteiger partial charge in [-0.25, -0.2) is 0 Å². The lowest BCUT2D eigenvalue weighted by molar-refractivity contribution is 0.0910. The third kappa shape index (κ3) is 5.80. The molecule has 4 heteroatoms. The van der Waals surface area contributed by atoms with Crippen molar-refractivity contribution < 1.29 is 9.53 Å². The molecule has 0 spiro atoms. The smallest absolute Gasteiger partial charge is 0.251 e. The molecule has 0 atom stereocenters. The monoisotopic (exact) mass is 544 g/mol. The van der Waals surface area contributed by atoms with E-state index in [0.717, 1.165) is 44.6 Å². The summed E-state index contributed by atoms with van der Waals surface area (Å²) in [5, 5.41) is 3.26. The summed E-state index contributed by atoms with van der Waals surface area (Å²) in [5.74, 6) is 1.41. The van der Waals surface area contributed by atoms with E-state index in [2.05, 4.69) is 65.7 Å². The number of piperidine rings is 1. The van der Waals surface area contributed by atoms with E-state index < -0.39 is 0 Å². The fourth-order valence-electron chi connectivity index (χ4n) is 6.90. The average Bonchev–Trinajstić information content (AvgIpc) is 3.31. The number of unbranched alkanes of at least 4 members (excludes halogenated alkanes) is 1. The maximum absolute atomic E-state index is 13.0. The fraction of sp³-hybridized carbons (Fsp3) is 0.324. The predicted molar refractivity (Wildman–Crippen MR) is 167 cm³/mol.